The fraction of sp³-hybridized carbons (Fsp3) is 0.600. The van der Waals surface area contributed by atoms with Crippen LogP contribution in [0.5, 0.6) is 0 Å². The first-order valence-corrected chi connectivity index (χ1v) is 7.79. The average molecular weight is 298 g/mol. The van der Waals surface area contributed by atoms with Crippen molar-refractivity contribution in [1.29, 1.82) is 0 Å². The zero-order valence-electron chi connectivity index (χ0n) is 9.97. The first-order valence-electron chi connectivity index (χ1n) is 5.15. The quantitative estimate of drug-likeness (QED) is 0.905. The lowest BCUT2D eigenvalue weighted by Gasteiger charge is -2.16. The Morgan fingerprint density at radius 1 is 1.59 bits per heavy atom. The summed E-state index contributed by atoms with van der Waals surface area (Å²) in [4.78, 5) is 0. The number of rotatable bonds is 5. The highest BCUT2D eigenvalue weighted by molar-refractivity contribution is 7.91. The summed E-state index contributed by atoms with van der Waals surface area (Å²) in [6.07, 6.45) is -0.102. The highest BCUT2D eigenvalue weighted by atomic mass is 35.5. The molecule has 0 aliphatic rings. The van der Waals surface area contributed by atoms with Gasteiger partial charge >= 0.3 is 0 Å². The van der Waals surface area contributed by atoms with Crippen LogP contribution in [0.1, 0.15) is 18.9 Å². The van der Waals surface area contributed by atoms with E-state index in [1.54, 1.807) is 19.9 Å². The molecule has 1 atom stereocenters. The molecule has 4 nitrogen and oxygen atoms in total. The third-order valence-electron chi connectivity index (χ3n) is 2.36. The number of halogens is 1. The molecule has 0 aromatic carbocycles. The molecular formula is C10H16ClNO3S2. The van der Waals surface area contributed by atoms with Crippen molar-refractivity contribution in [2.45, 2.75) is 30.6 Å². The second-order valence-corrected chi connectivity index (χ2v) is 7.91. The van der Waals surface area contributed by atoms with Crippen LogP contribution in [0.15, 0.2) is 10.3 Å². The van der Waals surface area contributed by atoms with E-state index in [0.717, 1.165) is 16.9 Å². The Labute approximate surface area is 111 Å². The van der Waals surface area contributed by atoms with Crippen LogP contribution in [0, 0.1) is 6.92 Å². The Morgan fingerprint density at radius 2 is 2.18 bits per heavy atom. The summed E-state index contributed by atoms with van der Waals surface area (Å²) in [7, 11) is -1.98. The molecule has 1 heterocycles. The van der Waals surface area contributed by atoms with E-state index < -0.39 is 16.1 Å². The molecule has 1 N–H and O–H groups in total. The minimum absolute atomic E-state index is 0.244. The monoisotopic (exact) mass is 297 g/mol. The van der Waals surface area contributed by atoms with Crippen LogP contribution in [0.3, 0.4) is 0 Å². The van der Waals surface area contributed by atoms with Gasteiger partial charge in [-0.15, -0.1) is 11.3 Å². The van der Waals surface area contributed by atoms with Crippen molar-refractivity contribution >= 4 is 33.0 Å². The van der Waals surface area contributed by atoms with E-state index in [-0.39, 0.29) is 10.8 Å². The van der Waals surface area contributed by atoms with E-state index >= 15 is 0 Å². The van der Waals surface area contributed by atoms with Crippen molar-refractivity contribution < 1.29 is 13.5 Å². The van der Waals surface area contributed by atoms with Crippen molar-refractivity contribution in [2.24, 2.45) is 0 Å². The predicted octanol–water partition coefficient (Wildman–Crippen LogP) is 2.10. The Bertz CT molecular complexity index is 462. The first kappa shape index (κ1) is 14.9. The molecule has 0 saturated heterocycles. The number of nitrogens with zero attached hydrogens (tertiary/aromatic N) is 1. The Morgan fingerprint density at radius 3 is 2.59 bits per heavy atom. The molecule has 0 amide bonds. The summed E-state index contributed by atoms with van der Waals surface area (Å²) in [6.45, 7) is 3.69. The van der Waals surface area contributed by atoms with Crippen LogP contribution in [0.4, 0.5) is 0 Å². The van der Waals surface area contributed by atoms with E-state index in [4.69, 9.17) is 16.7 Å². The van der Waals surface area contributed by atoms with Gasteiger partial charge in [0.15, 0.2) is 0 Å². The normalized spacial score (nSPS) is 14.2. The average Bonchev–Trinajstić information content (AvgIpc) is 2.56. The van der Waals surface area contributed by atoms with E-state index in [1.807, 2.05) is 0 Å². The van der Waals surface area contributed by atoms with E-state index in [9.17, 15) is 8.42 Å². The molecule has 1 unspecified atom stereocenters. The smallest absolute Gasteiger partial charge is 0.252 e. The Hall–Kier alpha value is -0.140. The molecule has 0 bridgehead atoms. The minimum Gasteiger partial charge on any atom is -0.393 e. The lowest BCUT2D eigenvalue weighted by Crippen LogP contribution is -2.29. The maximum atomic E-state index is 12.1. The van der Waals surface area contributed by atoms with Crippen LogP contribution >= 0.6 is 22.9 Å². The van der Waals surface area contributed by atoms with Crippen LogP contribution in [-0.4, -0.2) is 37.5 Å². The zero-order valence-corrected chi connectivity index (χ0v) is 12.4. The first-order chi connectivity index (χ1) is 7.75. The van der Waals surface area contributed by atoms with Gasteiger partial charge in [0.1, 0.15) is 4.21 Å². The lowest BCUT2D eigenvalue weighted by atomic mass is 10.3. The van der Waals surface area contributed by atoms with Crippen molar-refractivity contribution in [3.8, 4) is 0 Å². The second-order valence-electron chi connectivity index (χ2n) is 3.99. The number of hydrogen-bond donors (Lipinski definition) is 1. The summed E-state index contributed by atoms with van der Waals surface area (Å²) in [6, 6.07) is 1.57. The maximum absolute atomic E-state index is 12.1. The van der Waals surface area contributed by atoms with Gasteiger partial charge < -0.3 is 5.11 Å². The zero-order chi connectivity index (χ0) is 13.2. The number of aryl methyl sites for hydroxylation is 1. The standard InChI is InChI=1S/C10H16ClNO3S2/c1-7-6-9(16-10(7)11)17(14,15)12(3)5-4-8(2)13/h6,8,13H,4-5H2,1-3H3. The minimum atomic E-state index is -3.48. The van der Waals surface area contributed by atoms with Gasteiger partial charge in [-0.05, 0) is 31.9 Å². The molecule has 0 saturated carbocycles. The Kier molecular flexibility index (Phi) is 4.97. The van der Waals surface area contributed by atoms with E-state index in [1.165, 1.54) is 11.4 Å². The third-order valence-corrected chi connectivity index (χ3v) is 6.22. The van der Waals surface area contributed by atoms with Gasteiger partial charge in [0.2, 0.25) is 0 Å². The number of hydrogen-bond acceptors (Lipinski definition) is 4. The van der Waals surface area contributed by atoms with Gasteiger partial charge in [0, 0.05) is 13.6 Å². The summed E-state index contributed by atoms with van der Waals surface area (Å²) < 4.78 is 26.2. The molecule has 17 heavy (non-hydrogen) atoms. The number of aliphatic hydroxyl groups is 1. The van der Waals surface area contributed by atoms with Crippen LogP contribution < -0.4 is 0 Å². The second kappa shape index (κ2) is 5.67. The van der Waals surface area contributed by atoms with Crippen LogP contribution in [-0.2, 0) is 10.0 Å². The van der Waals surface area contributed by atoms with Gasteiger partial charge in [0.25, 0.3) is 10.0 Å². The number of aliphatic hydroxyl groups excluding tert-OH is 1. The highest BCUT2D eigenvalue weighted by Crippen LogP contribution is 2.31. The molecule has 1 aromatic rings. The molecule has 1 rings (SSSR count). The van der Waals surface area contributed by atoms with Crippen molar-refractivity contribution in [3.63, 3.8) is 0 Å². The van der Waals surface area contributed by atoms with Gasteiger partial charge in [-0.25, -0.2) is 12.7 Å². The SMILES string of the molecule is Cc1cc(S(=O)(=O)N(C)CCC(C)O)sc1Cl. The highest BCUT2D eigenvalue weighted by Gasteiger charge is 2.23. The van der Waals surface area contributed by atoms with Gasteiger partial charge in [0.05, 0.1) is 10.4 Å². The van der Waals surface area contributed by atoms with Crippen LogP contribution in [0.2, 0.25) is 4.34 Å². The van der Waals surface area contributed by atoms with E-state index in [0.29, 0.717) is 10.8 Å². The number of thiophene rings is 1. The van der Waals surface area contributed by atoms with Gasteiger partial charge in [-0.2, -0.15) is 0 Å². The molecule has 0 aliphatic heterocycles. The van der Waals surface area contributed by atoms with E-state index in [2.05, 4.69) is 0 Å². The largest absolute Gasteiger partial charge is 0.393 e. The Balaban J connectivity index is 2.87. The van der Waals surface area contributed by atoms with Crippen LogP contribution in [0.25, 0.3) is 0 Å². The molecule has 0 radical (unpaired) electrons. The molecule has 0 aliphatic carbocycles. The van der Waals surface area contributed by atoms with Gasteiger partial charge in [-0.3, -0.25) is 0 Å². The maximum Gasteiger partial charge on any atom is 0.252 e. The fourth-order valence-corrected chi connectivity index (χ4v) is 4.31. The van der Waals surface area contributed by atoms with Crippen molar-refractivity contribution in [3.05, 3.63) is 16.0 Å². The predicted molar refractivity (Wildman–Crippen MR) is 70.2 cm³/mol. The summed E-state index contributed by atoms with van der Waals surface area (Å²) in [5, 5.41) is 9.15. The molecule has 98 valence electrons. The molecule has 1 aromatic heterocycles. The summed E-state index contributed by atoms with van der Waals surface area (Å²) in [5.41, 5.74) is 0.763. The number of sulfonamides is 1. The van der Waals surface area contributed by atoms with Crippen molar-refractivity contribution in [1.82, 2.24) is 4.31 Å². The topological polar surface area (TPSA) is 57.6 Å². The molecular weight excluding hydrogens is 282 g/mol. The molecule has 7 heteroatoms. The van der Waals surface area contributed by atoms with Gasteiger partial charge in [-0.1, -0.05) is 11.6 Å². The molecule has 0 spiro atoms. The fourth-order valence-electron chi connectivity index (χ4n) is 1.20. The third kappa shape index (κ3) is 3.66. The molecule has 0 fully saturated rings. The lowest BCUT2D eigenvalue weighted by molar-refractivity contribution is 0.177. The van der Waals surface area contributed by atoms with Crippen molar-refractivity contribution in [2.75, 3.05) is 13.6 Å². The summed E-state index contributed by atoms with van der Waals surface area (Å²) >= 11 is 6.92. The summed E-state index contributed by atoms with van der Waals surface area (Å²) in [5.74, 6) is 0.